The second kappa shape index (κ2) is 5.92. The Morgan fingerprint density at radius 1 is 1.33 bits per heavy atom. The van der Waals surface area contributed by atoms with Gasteiger partial charge in [-0.1, -0.05) is 19.1 Å². The van der Waals surface area contributed by atoms with Crippen LogP contribution in [0.4, 0.5) is 5.69 Å². The smallest absolute Gasteiger partial charge is 0.269 e. The summed E-state index contributed by atoms with van der Waals surface area (Å²) in [5.74, 6) is 0.0150. The SMILES string of the molecule is CC(COS(C)(=O)=O)Cc1ccc([N+](=O)[O-])cc1. The summed E-state index contributed by atoms with van der Waals surface area (Å²) in [6.45, 7) is 1.96. The van der Waals surface area contributed by atoms with E-state index in [-0.39, 0.29) is 18.2 Å². The molecule has 0 amide bonds. The molecule has 0 aliphatic heterocycles. The molecule has 100 valence electrons. The summed E-state index contributed by atoms with van der Waals surface area (Å²) in [5, 5.41) is 10.5. The van der Waals surface area contributed by atoms with Crippen LogP contribution in [-0.4, -0.2) is 26.2 Å². The van der Waals surface area contributed by atoms with Crippen LogP contribution in [0.5, 0.6) is 0 Å². The molecule has 1 aromatic rings. The lowest BCUT2D eigenvalue weighted by Crippen LogP contribution is -2.13. The summed E-state index contributed by atoms with van der Waals surface area (Å²) in [4.78, 5) is 10.0. The third kappa shape index (κ3) is 5.24. The van der Waals surface area contributed by atoms with Gasteiger partial charge in [0.2, 0.25) is 0 Å². The maximum atomic E-state index is 10.8. The lowest BCUT2D eigenvalue weighted by molar-refractivity contribution is -0.384. The van der Waals surface area contributed by atoms with Gasteiger partial charge in [-0.2, -0.15) is 8.42 Å². The molecule has 1 atom stereocenters. The van der Waals surface area contributed by atoms with Gasteiger partial charge in [-0.25, -0.2) is 0 Å². The normalized spacial score (nSPS) is 13.2. The highest BCUT2D eigenvalue weighted by Gasteiger charge is 2.10. The highest BCUT2D eigenvalue weighted by molar-refractivity contribution is 7.85. The van der Waals surface area contributed by atoms with Crippen LogP contribution in [0.1, 0.15) is 12.5 Å². The molecule has 7 heteroatoms. The molecule has 0 saturated heterocycles. The lowest BCUT2D eigenvalue weighted by atomic mass is 10.0. The Labute approximate surface area is 106 Å². The van der Waals surface area contributed by atoms with Crippen molar-refractivity contribution < 1.29 is 17.5 Å². The van der Waals surface area contributed by atoms with Crippen molar-refractivity contribution in [2.24, 2.45) is 5.92 Å². The average molecular weight is 273 g/mol. The molecule has 1 unspecified atom stereocenters. The fourth-order valence-corrected chi connectivity index (χ4v) is 1.93. The molecule has 0 aromatic heterocycles. The Bertz CT molecular complexity index is 509. The molecular formula is C11H15NO5S. The van der Waals surface area contributed by atoms with Crippen LogP contribution in [-0.2, 0) is 20.7 Å². The van der Waals surface area contributed by atoms with Gasteiger partial charge in [0.1, 0.15) is 0 Å². The van der Waals surface area contributed by atoms with Gasteiger partial charge in [-0.3, -0.25) is 14.3 Å². The monoisotopic (exact) mass is 273 g/mol. The summed E-state index contributed by atoms with van der Waals surface area (Å²) in [7, 11) is -3.42. The predicted molar refractivity (Wildman–Crippen MR) is 66.8 cm³/mol. The van der Waals surface area contributed by atoms with E-state index >= 15 is 0 Å². The lowest BCUT2D eigenvalue weighted by Gasteiger charge is -2.10. The average Bonchev–Trinajstić information content (AvgIpc) is 2.26. The Hall–Kier alpha value is -1.47. The van der Waals surface area contributed by atoms with Gasteiger partial charge < -0.3 is 0 Å². The van der Waals surface area contributed by atoms with Gasteiger partial charge in [0.15, 0.2) is 0 Å². The first kappa shape index (κ1) is 14.6. The Morgan fingerprint density at radius 2 is 1.89 bits per heavy atom. The number of nitro groups is 1. The van der Waals surface area contributed by atoms with Crippen molar-refractivity contribution in [3.05, 3.63) is 39.9 Å². The van der Waals surface area contributed by atoms with Gasteiger partial charge in [0.05, 0.1) is 17.8 Å². The van der Waals surface area contributed by atoms with Crippen molar-refractivity contribution in [1.29, 1.82) is 0 Å². The second-order valence-corrected chi connectivity index (χ2v) is 5.87. The Kier molecular flexibility index (Phi) is 4.80. The Morgan fingerprint density at radius 3 is 2.33 bits per heavy atom. The van der Waals surface area contributed by atoms with Gasteiger partial charge in [-0.15, -0.1) is 0 Å². The molecule has 0 saturated carbocycles. The predicted octanol–water partition coefficient (Wildman–Crippen LogP) is 1.75. The summed E-state index contributed by atoms with van der Waals surface area (Å²) < 4.78 is 26.3. The van der Waals surface area contributed by atoms with Crippen LogP contribution in [0.2, 0.25) is 0 Å². The van der Waals surface area contributed by atoms with E-state index in [1.54, 1.807) is 12.1 Å². The first-order valence-corrected chi connectivity index (χ1v) is 7.17. The van der Waals surface area contributed by atoms with Crippen LogP contribution in [0.15, 0.2) is 24.3 Å². The summed E-state index contributed by atoms with van der Waals surface area (Å²) in [5.41, 5.74) is 0.948. The van der Waals surface area contributed by atoms with Crippen LogP contribution >= 0.6 is 0 Å². The van der Waals surface area contributed by atoms with E-state index in [0.717, 1.165) is 11.8 Å². The molecule has 0 N–H and O–H groups in total. The van der Waals surface area contributed by atoms with Crippen LogP contribution in [0, 0.1) is 16.0 Å². The van der Waals surface area contributed by atoms with Gasteiger partial charge >= 0.3 is 0 Å². The molecule has 18 heavy (non-hydrogen) atoms. The van der Waals surface area contributed by atoms with Crippen molar-refractivity contribution in [3.63, 3.8) is 0 Å². The zero-order chi connectivity index (χ0) is 13.8. The van der Waals surface area contributed by atoms with Crippen LogP contribution in [0.25, 0.3) is 0 Å². The molecule has 0 aliphatic rings. The van der Waals surface area contributed by atoms with E-state index in [1.165, 1.54) is 12.1 Å². The number of nitro benzene ring substituents is 1. The molecule has 6 nitrogen and oxygen atoms in total. The van der Waals surface area contributed by atoms with E-state index in [0.29, 0.717) is 6.42 Å². The van der Waals surface area contributed by atoms with Gasteiger partial charge in [-0.05, 0) is 17.9 Å². The number of rotatable bonds is 6. The number of benzene rings is 1. The second-order valence-electron chi connectivity index (χ2n) is 4.22. The fraction of sp³-hybridized carbons (Fsp3) is 0.455. The fourth-order valence-electron chi connectivity index (χ4n) is 1.45. The first-order valence-electron chi connectivity index (χ1n) is 5.35. The molecule has 1 rings (SSSR count). The van der Waals surface area contributed by atoms with Gasteiger partial charge in [0, 0.05) is 12.1 Å². The standard InChI is InChI=1S/C11H15NO5S/c1-9(8-17-18(2,15)16)7-10-3-5-11(6-4-10)12(13)14/h3-6,9H,7-8H2,1-2H3. The van der Waals surface area contributed by atoms with E-state index < -0.39 is 15.0 Å². The van der Waals surface area contributed by atoms with Crippen LogP contribution in [0.3, 0.4) is 0 Å². The van der Waals surface area contributed by atoms with E-state index in [2.05, 4.69) is 4.18 Å². The molecule has 0 aliphatic carbocycles. The molecule has 0 radical (unpaired) electrons. The largest absolute Gasteiger partial charge is 0.270 e. The minimum Gasteiger partial charge on any atom is -0.270 e. The molecule has 0 fully saturated rings. The Balaban J connectivity index is 2.54. The number of hydrogen-bond donors (Lipinski definition) is 0. The third-order valence-corrected chi connectivity index (χ3v) is 2.86. The summed E-state index contributed by atoms with van der Waals surface area (Å²) in [6.07, 6.45) is 1.61. The highest BCUT2D eigenvalue weighted by atomic mass is 32.2. The zero-order valence-electron chi connectivity index (χ0n) is 10.2. The summed E-state index contributed by atoms with van der Waals surface area (Å²) in [6, 6.07) is 6.18. The van der Waals surface area contributed by atoms with Crippen molar-refractivity contribution in [2.45, 2.75) is 13.3 Å². The van der Waals surface area contributed by atoms with E-state index in [4.69, 9.17) is 0 Å². The maximum absolute atomic E-state index is 10.8. The minimum atomic E-state index is -3.42. The quantitative estimate of drug-likeness (QED) is 0.447. The maximum Gasteiger partial charge on any atom is 0.269 e. The van der Waals surface area contributed by atoms with Crippen molar-refractivity contribution in [3.8, 4) is 0 Å². The molecule has 0 spiro atoms. The highest BCUT2D eigenvalue weighted by Crippen LogP contribution is 2.15. The van der Waals surface area contributed by atoms with Crippen LogP contribution < -0.4 is 0 Å². The molecular weight excluding hydrogens is 258 g/mol. The molecule has 0 bridgehead atoms. The van der Waals surface area contributed by atoms with Gasteiger partial charge in [0.25, 0.3) is 15.8 Å². The minimum absolute atomic E-state index is 0.0150. The van der Waals surface area contributed by atoms with Crippen molar-refractivity contribution >= 4 is 15.8 Å². The number of non-ortho nitro benzene ring substituents is 1. The van der Waals surface area contributed by atoms with Crippen molar-refractivity contribution in [1.82, 2.24) is 0 Å². The van der Waals surface area contributed by atoms with E-state index in [1.807, 2.05) is 6.92 Å². The van der Waals surface area contributed by atoms with E-state index in [9.17, 15) is 18.5 Å². The number of nitrogens with zero attached hydrogens (tertiary/aromatic N) is 1. The molecule has 0 heterocycles. The molecule has 1 aromatic carbocycles. The first-order chi connectivity index (χ1) is 8.28. The number of hydrogen-bond acceptors (Lipinski definition) is 5. The topological polar surface area (TPSA) is 86.5 Å². The summed E-state index contributed by atoms with van der Waals surface area (Å²) >= 11 is 0. The van der Waals surface area contributed by atoms with Crippen molar-refractivity contribution in [2.75, 3.05) is 12.9 Å². The third-order valence-electron chi connectivity index (χ3n) is 2.30. The zero-order valence-corrected chi connectivity index (χ0v) is 11.0.